The molecule has 2 unspecified atom stereocenters. The molecule has 84 valence electrons. The standard InChI is InChI=1S/C9H19NO3S/c1-10-8-4-3-5-9(8)14(11,12)7-6-13-2/h8-10H,3-7H2,1-2H3. The lowest BCUT2D eigenvalue weighted by Gasteiger charge is -2.18. The highest BCUT2D eigenvalue weighted by Crippen LogP contribution is 2.25. The van der Waals surface area contributed by atoms with E-state index in [0.717, 1.165) is 19.3 Å². The molecule has 0 aromatic rings. The average molecular weight is 221 g/mol. The van der Waals surface area contributed by atoms with Gasteiger partial charge in [-0.1, -0.05) is 6.42 Å². The molecule has 1 aliphatic carbocycles. The van der Waals surface area contributed by atoms with E-state index in [0.29, 0.717) is 6.61 Å². The van der Waals surface area contributed by atoms with Crippen LogP contribution < -0.4 is 5.32 Å². The van der Waals surface area contributed by atoms with Crippen molar-refractivity contribution in [2.45, 2.75) is 30.6 Å². The third-order valence-corrected chi connectivity index (χ3v) is 5.08. The van der Waals surface area contributed by atoms with Crippen LogP contribution in [0.2, 0.25) is 0 Å². The Morgan fingerprint density at radius 2 is 2.14 bits per heavy atom. The molecule has 0 bridgehead atoms. The molecule has 0 aromatic carbocycles. The van der Waals surface area contributed by atoms with E-state index >= 15 is 0 Å². The Morgan fingerprint density at radius 1 is 1.43 bits per heavy atom. The van der Waals surface area contributed by atoms with Crippen molar-refractivity contribution in [3.63, 3.8) is 0 Å². The fourth-order valence-electron chi connectivity index (χ4n) is 2.04. The predicted octanol–water partition coefficient (Wildman–Crippen LogP) is 0.188. The van der Waals surface area contributed by atoms with Gasteiger partial charge >= 0.3 is 0 Å². The maximum Gasteiger partial charge on any atom is 0.156 e. The molecule has 0 radical (unpaired) electrons. The highest BCUT2D eigenvalue weighted by atomic mass is 32.2. The van der Waals surface area contributed by atoms with Crippen molar-refractivity contribution in [2.24, 2.45) is 0 Å². The van der Waals surface area contributed by atoms with Crippen LogP contribution in [-0.4, -0.2) is 46.2 Å². The first kappa shape index (κ1) is 11.9. The van der Waals surface area contributed by atoms with Gasteiger partial charge in [0.25, 0.3) is 0 Å². The van der Waals surface area contributed by atoms with Crippen molar-refractivity contribution in [3.8, 4) is 0 Å². The fraction of sp³-hybridized carbons (Fsp3) is 1.00. The summed E-state index contributed by atoms with van der Waals surface area (Å²) in [5, 5.41) is 2.87. The minimum Gasteiger partial charge on any atom is -0.384 e. The van der Waals surface area contributed by atoms with Crippen LogP contribution in [0.5, 0.6) is 0 Å². The molecule has 14 heavy (non-hydrogen) atoms. The molecule has 0 spiro atoms. The molecule has 1 saturated carbocycles. The van der Waals surface area contributed by atoms with E-state index < -0.39 is 9.84 Å². The fourth-order valence-corrected chi connectivity index (χ4v) is 4.04. The molecular formula is C9H19NO3S. The van der Waals surface area contributed by atoms with Crippen molar-refractivity contribution in [3.05, 3.63) is 0 Å². The summed E-state index contributed by atoms with van der Waals surface area (Å²) in [7, 11) is 0.385. The van der Waals surface area contributed by atoms with Gasteiger partial charge in [0, 0.05) is 13.2 Å². The molecule has 0 heterocycles. The summed E-state index contributed by atoms with van der Waals surface area (Å²) in [4.78, 5) is 0. The summed E-state index contributed by atoms with van der Waals surface area (Å²) in [5.74, 6) is 0.145. The Hall–Kier alpha value is -0.130. The largest absolute Gasteiger partial charge is 0.384 e. The van der Waals surface area contributed by atoms with Crippen LogP contribution in [0.3, 0.4) is 0 Å². The topological polar surface area (TPSA) is 55.4 Å². The van der Waals surface area contributed by atoms with Gasteiger partial charge in [-0.2, -0.15) is 0 Å². The van der Waals surface area contributed by atoms with Crippen LogP contribution in [0.25, 0.3) is 0 Å². The normalized spacial score (nSPS) is 28.1. The first-order chi connectivity index (χ1) is 6.61. The molecule has 1 aliphatic rings. The van der Waals surface area contributed by atoms with Gasteiger partial charge in [0.15, 0.2) is 9.84 Å². The highest BCUT2D eigenvalue weighted by molar-refractivity contribution is 7.92. The number of hydrogen-bond donors (Lipinski definition) is 1. The van der Waals surface area contributed by atoms with Crippen molar-refractivity contribution < 1.29 is 13.2 Å². The molecule has 0 aliphatic heterocycles. The molecule has 5 heteroatoms. The Kier molecular flexibility index (Phi) is 4.34. The summed E-state index contributed by atoms with van der Waals surface area (Å²) in [5.41, 5.74) is 0. The predicted molar refractivity (Wildman–Crippen MR) is 56.1 cm³/mol. The molecule has 1 rings (SSSR count). The summed E-state index contributed by atoms with van der Waals surface area (Å²) in [6.45, 7) is 0.301. The minimum atomic E-state index is -2.97. The van der Waals surface area contributed by atoms with Crippen molar-refractivity contribution in [1.29, 1.82) is 0 Å². The number of nitrogens with one attached hydrogen (secondary N) is 1. The third-order valence-electron chi connectivity index (χ3n) is 2.86. The lowest BCUT2D eigenvalue weighted by atomic mass is 10.2. The minimum absolute atomic E-state index is 0.136. The van der Waals surface area contributed by atoms with E-state index in [1.807, 2.05) is 7.05 Å². The summed E-state index contributed by atoms with van der Waals surface area (Å²) in [6, 6.07) is 0.136. The number of hydrogen-bond acceptors (Lipinski definition) is 4. The van der Waals surface area contributed by atoms with Gasteiger partial charge in [0.05, 0.1) is 17.6 Å². The molecule has 2 atom stereocenters. The van der Waals surface area contributed by atoms with Crippen LogP contribution in [0.4, 0.5) is 0 Å². The average Bonchev–Trinajstić information content (AvgIpc) is 2.63. The number of methoxy groups -OCH3 is 1. The molecule has 1 N–H and O–H groups in total. The van der Waals surface area contributed by atoms with E-state index in [2.05, 4.69) is 5.32 Å². The van der Waals surface area contributed by atoms with E-state index in [-0.39, 0.29) is 17.0 Å². The van der Waals surface area contributed by atoms with Crippen LogP contribution in [-0.2, 0) is 14.6 Å². The van der Waals surface area contributed by atoms with Gasteiger partial charge in [-0.05, 0) is 19.9 Å². The zero-order valence-corrected chi connectivity index (χ0v) is 9.64. The number of rotatable bonds is 5. The Morgan fingerprint density at radius 3 is 2.71 bits per heavy atom. The zero-order valence-electron chi connectivity index (χ0n) is 8.82. The molecule has 4 nitrogen and oxygen atoms in total. The van der Waals surface area contributed by atoms with Gasteiger partial charge in [-0.25, -0.2) is 8.42 Å². The van der Waals surface area contributed by atoms with Crippen LogP contribution >= 0.6 is 0 Å². The van der Waals surface area contributed by atoms with Gasteiger partial charge in [-0.15, -0.1) is 0 Å². The van der Waals surface area contributed by atoms with Gasteiger partial charge in [0.2, 0.25) is 0 Å². The lowest BCUT2D eigenvalue weighted by molar-refractivity contribution is 0.217. The number of sulfone groups is 1. The first-order valence-corrected chi connectivity index (χ1v) is 6.71. The lowest BCUT2D eigenvalue weighted by Crippen LogP contribution is -2.39. The second-order valence-electron chi connectivity index (χ2n) is 3.72. The van der Waals surface area contributed by atoms with E-state index in [1.54, 1.807) is 0 Å². The van der Waals surface area contributed by atoms with Gasteiger partial charge in [-0.3, -0.25) is 0 Å². The van der Waals surface area contributed by atoms with Crippen molar-refractivity contribution in [2.75, 3.05) is 26.5 Å². The van der Waals surface area contributed by atoms with E-state index in [4.69, 9.17) is 4.74 Å². The second-order valence-corrected chi connectivity index (χ2v) is 6.06. The van der Waals surface area contributed by atoms with Crippen LogP contribution in [0.1, 0.15) is 19.3 Å². The van der Waals surface area contributed by atoms with Crippen molar-refractivity contribution in [1.82, 2.24) is 5.32 Å². The summed E-state index contributed by atoms with van der Waals surface area (Å²) in [6.07, 6.45) is 2.76. The second kappa shape index (κ2) is 5.09. The molecular weight excluding hydrogens is 202 g/mol. The SMILES string of the molecule is CNC1CCCC1S(=O)(=O)CCOC. The zero-order chi connectivity index (χ0) is 10.6. The molecule has 0 amide bonds. The van der Waals surface area contributed by atoms with E-state index in [9.17, 15) is 8.42 Å². The monoisotopic (exact) mass is 221 g/mol. The summed E-state index contributed by atoms with van der Waals surface area (Å²) < 4.78 is 28.5. The quantitative estimate of drug-likeness (QED) is 0.720. The van der Waals surface area contributed by atoms with E-state index in [1.165, 1.54) is 7.11 Å². The Balaban J connectivity index is 2.61. The summed E-state index contributed by atoms with van der Waals surface area (Å²) >= 11 is 0. The Labute approximate surface area is 85.9 Å². The molecule has 1 fully saturated rings. The third kappa shape index (κ3) is 2.68. The molecule has 0 aromatic heterocycles. The van der Waals surface area contributed by atoms with Gasteiger partial charge in [0.1, 0.15) is 0 Å². The Bertz CT molecular complexity index is 263. The smallest absolute Gasteiger partial charge is 0.156 e. The van der Waals surface area contributed by atoms with Crippen molar-refractivity contribution >= 4 is 9.84 Å². The van der Waals surface area contributed by atoms with Gasteiger partial charge < -0.3 is 10.1 Å². The number of ether oxygens (including phenoxy) is 1. The van der Waals surface area contributed by atoms with Crippen LogP contribution in [0, 0.1) is 0 Å². The maximum absolute atomic E-state index is 11.8. The molecule has 0 saturated heterocycles. The highest BCUT2D eigenvalue weighted by Gasteiger charge is 2.35. The first-order valence-electron chi connectivity index (χ1n) is 4.99. The maximum atomic E-state index is 11.8. The van der Waals surface area contributed by atoms with Crippen LogP contribution in [0.15, 0.2) is 0 Å².